The molecule has 1 amide bonds. The number of hydrogen-bond donors (Lipinski definition) is 3. The van der Waals surface area contributed by atoms with Gasteiger partial charge in [0, 0.05) is 12.6 Å². The average molecular weight is 298 g/mol. The highest BCUT2D eigenvalue weighted by atomic mass is 16.4. The van der Waals surface area contributed by atoms with Gasteiger partial charge in [0.15, 0.2) is 0 Å². The Morgan fingerprint density at radius 3 is 2.33 bits per heavy atom. The lowest BCUT2D eigenvalue weighted by Crippen LogP contribution is -2.49. The van der Waals surface area contributed by atoms with Gasteiger partial charge >= 0.3 is 5.97 Å². The molecule has 0 saturated heterocycles. The standard InChI is InChI=1S/C16H30N2O3/c1-12(14(19)20)7-6-8-13(2)18-15(21)16(11-17)9-4-3-5-10-16/h12-13H,3-11,17H2,1-2H3,(H,18,21)(H,19,20). The van der Waals surface area contributed by atoms with E-state index < -0.39 is 5.97 Å². The molecule has 0 aromatic rings. The second-order valence-corrected chi connectivity index (χ2v) is 6.59. The minimum atomic E-state index is -0.754. The van der Waals surface area contributed by atoms with E-state index in [0.717, 1.165) is 38.5 Å². The van der Waals surface area contributed by atoms with Crippen molar-refractivity contribution >= 4 is 11.9 Å². The second-order valence-electron chi connectivity index (χ2n) is 6.59. The van der Waals surface area contributed by atoms with Crippen molar-refractivity contribution in [3.63, 3.8) is 0 Å². The first kappa shape index (κ1) is 18.0. The first-order valence-electron chi connectivity index (χ1n) is 8.15. The summed E-state index contributed by atoms with van der Waals surface area (Å²) in [4.78, 5) is 23.2. The molecule has 5 nitrogen and oxygen atoms in total. The lowest BCUT2D eigenvalue weighted by atomic mass is 9.73. The summed E-state index contributed by atoms with van der Waals surface area (Å²) in [6.45, 7) is 4.12. The molecule has 21 heavy (non-hydrogen) atoms. The smallest absolute Gasteiger partial charge is 0.306 e. The molecule has 2 atom stereocenters. The molecule has 1 rings (SSSR count). The summed E-state index contributed by atoms with van der Waals surface area (Å²) in [6.07, 6.45) is 7.39. The topological polar surface area (TPSA) is 92.4 Å². The Morgan fingerprint density at radius 2 is 1.81 bits per heavy atom. The molecular formula is C16H30N2O3. The lowest BCUT2D eigenvalue weighted by Gasteiger charge is -2.35. The van der Waals surface area contributed by atoms with Crippen LogP contribution in [0.15, 0.2) is 0 Å². The normalized spacial score (nSPS) is 20.5. The first-order chi connectivity index (χ1) is 9.91. The van der Waals surface area contributed by atoms with Crippen molar-refractivity contribution in [2.75, 3.05) is 6.54 Å². The first-order valence-corrected chi connectivity index (χ1v) is 8.15. The number of amides is 1. The molecule has 0 bridgehead atoms. The summed E-state index contributed by atoms with van der Waals surface area (Å²) >= 11 is 0. The number of hydrogen-bond acceptors (Lipinski definition) is 3. The zero-order valence-corrected chi connectivity index (χ0v) is 13.4. The van der Waals surface area contributed by atoms with E-state index >= 15 is 0 Å². The molecule has 1 aliphatic carbocycles. The zero-order valence-electron chi connectivity index (χ0n) is 13.4. The van der Waals surface area contributed by atoms with Crippen LogP contribution in [0, 0.1) is 11.3 Å². The minimum Gasteiger partial charge on any atom is -0.481 e. The van der Waals surface area contributed by atoms with Gasteiger partial charge in [0.1, 0.15) is 0 Å². The van der Waals surface area contributed by atoms with E-state index in [-0.39, 0.29) is 23.3 Å². The van der Waals surface area contributed by atoms with Crippen LogP contribution in [-0.4, -0.2) is 29.6 Å². The van der Waals surface area contributed by atoms with Crippen LogP contribution in [0.3, 0.4) is 0 Å². The molecule has 0 aromatic carbocycles. The van der Waals surface area contributed by atoms with E-state index in [9.17, 15) is 9.59 Å². The SMILES string of the molecule is CC(CCCC(C)C(=O)O)NC(=O)C1(CN)CCCCC1. The Balaban J connectivity index is 2.37. The predicted molar refractivity (Wildman–Crippen MR) is 82.8 cm³/mol. The predicted octanol–water partition coefficient (Wildman–Crippen LogP) is 2.29. The molecule has 0 aliphatic heterocycles. The summed E-state index contributed by atoms with van der Waals surface area (Å²) in [5, 5.41) is 11.9. The molecule has 5 heteroatoms. The molecule has 2 unspecified atom stereocenters. The van der Waals surface area contributed by atoms with Crippen LogP contribution in [0.1, 0.15) is 65.2 Å². The van der Waals surface area contributed by atoms with Gasteiger partial charge < -0.3 is 16.2 Å². The van der Waals surface area contributed by atoms with Gasteiger partial charge in [-0.25, -0.2) is 0 Å². The van der Waals surface area contributed by atoms with Crippen LogP contribution in [0.5, 0.6) is 0 Å². The number of carboxylic acids is 1. The molecule has 1 fully saturated rings. The van der Waals surface area contributed by atoms with Crippen molar-refractivity contribution in [1.29, 1.82) is 0 Å². The fourth-order valence-corrected chi connectivity index (χ4v) is 3.06. The van der Waals surface area contributed by atoms with Gasteiger partial charge in [-0.3, -0.25) is 9.59 Å². The largest absolute Gasteiger partial charge is 0.481 e. The third-order valence-corrected chi connectivity index (χ3v) is 4.76. The maximum atomic E-state index is 12.5. The Kier molecular flexibility index (Phi) is 7.15. The second kappa shape index (κ2) is 8.37. The number of carbonyl (C=O) groups excluding carboxylic acids is 1. The number of rotatable bonds is 8. The van der Waals surface area contributed by atoms with E-state index in [1.165, 1.54) is 6.42 Å². The highest BCUT2D eigenvalue weighted by Crippen LogP contribution is 2.35. The van der Waals surface area contributed by atoms with E-state index in [2.05, 4.69) is 5.32 Å². The maximum Gasteiger partial charge on any atom is 0.306 e. The van der Waals surface area contributed by atoms with Crippen molar-refractivity contribution in [2.45, 2.75) is 71.3 Å². The van der Waals surface area contributed by atoms with Crippen molar-refractivity contribution in [2.24, 2.45) is 17.1 Å². The summed E-state index contributed by atoms with van der Waals surface area (Å²) in [7, 11) is 0. The molecule has 0 aromatic heterocycles. The molecule has 0 spiro atoms. The molecule has 122 valence electrons. The van der Waals surface area contributed by atoms with Gasteiger partial charge in [-0.15, -0.1) is 0 Å². The summed E-state index contributed by atoms with van der Waals surface area (Å²) in [5.74, 6) is -0.985. The third-order valence-electron chi connectivity index (χ3n) is 4.76. The number of aliphatic carboxylic acids is 1. The quantitative estimate of drug-likeness (QED) is 0.641. The summed E-state index contributed by atoms with van der Waals surface area (Å²) in [5.41, 5.74) is 5.49. The van der Waals surface area contributed by atoms with E-state index in [1.54, 1.807) is 6.92 Å². The summed E-state index contributed by atoms with van der Waals surface area (Å²) in [6, 6.07) is 0.0730. The van der Waals surface area contributed by atoms with Gasteiger partial charge in [-0.05, 0) is 32.6 Å². The fourth-order valence-electron chi connectivity index (χ4n) is 3.06. The third kappa shape index (κ3) is 5.30. The highest BCUT2D eigenvalue weighted by molar-refractivity contribution is 5.83. The number of nitrogens with one attached hydrogen (secondary N) is 1. The van der Waals surface area contributed by atoms with Crippen LogP contribution in [-0.2, 0) is 9.59 Å². The van der Waals surface area contributed by atoms with Crippen molar-refractivity contribution < 1.29 is 14.7 Å². The van der Waals surface area contributed by atoms with E-state index in [0.29, 0.717) is 13.0 Å². The van der Waals surface area contributed by atoms with Gasteiger partial charge in [-0.1, -0.05) is 32.6 Å². The Labute approximate surface area is 127 Å². The van der Waals surface area contributed by atoms with Gasteiger partial charge in [0.05, 0.1) is 11.3 Å². The Bertz CT molecular complexity index is 351. The highest BCUT2D eigenvalue weighted by Gasteiger charge is 2.38. The van der Waals surface area contributed by atoms with Crippen molar-refractivity contribution in [1.82, 2.24) is 5.32 Å². The molecule has 1 saturated carbocycles. The van der Waals surface area contributed by atoms with Crippen molar-refractivity contribution in [3.8, 4) is 0 Å². The Morgan fingerprint density at radius 1 is 1.19 bits per heavy atom. The molecule has 0 radical (unpaired) electrons. The fraction of sp³-hybridized carbons (Fsp3) is 0.875. The molecule has 0 heterocycles. The minimum absolute atomic E-state index is 0.0730. The van der Waals surface area contributed by atoms with E-state index in [4.69, 9.17) is 10.8 Å². The number of carbonyl (C=O) groups is 2. The van der Waals surface area contributed by atoms with Gasteiger partial charge in [0.2, 0.25) is 5.91 Å². The van der Waals surface area contributed by atoms with Crippen LogP contribution in [0.4, 0.5) is 0 Å². The maximum absolute atomic E-state index is 12.5. The Hall–Kier alpha value is -1.10. The van der Waals surface area contributed by atoms with Crippen molar-refractivity contribution in [3.05, 3.63) is 0 Å². The zero-order chi connectivity index (χ0) is 15.9. The summed E-state index contributed by atoms with van der Waals surface area (Å²) < 4.78 is 0. The van der Waals surface area contributed by atoms with E-state index in [1.807, 2.05) is 6.92 Å². The van der Waals surface area contributed by atoms with Crippen LogP contribution in [0.25, 0.3) is 0 Å². The molecule has 4 N–H and O–H groups in total. The molecular weight excluding hydrogens is 268 g/mol. The number of carboxylic acid groups (broad SMARTS) is 1. The average Bonchev–Trinajstić information content (AvgIpc) is 2.47. The number of nitrogens with two attached hydrogens (primary N) is 1. The monoisotopic (exact) mass is 298 g/mol. The van der Waals surface area contributed by atoms with Crippen LogP contribution >= 0.6 is 0 Å². The molecule has 1 aliphatic rings. The van der Waals surface area contributed by atoms with Gasteiger partial charge in [-0.2, -0.15) is 0 Å². The van der Waals surface area contributed by atoms with Crippen LogP contribution in [0.2, 0.25) is 0 Å². The van der Waals surface area contributed by atoms with Crippen LogP contribution < -0.4 is 11.1 Å². The lowest BCUT2D eigenvalue weighted by molar-refractivity contribution is -0.141. The van der Waals surface area contributed by atoms with Gasteiger partial charge in [0.25, 0.3) is 0 Å².